The van der Waals surface area contributed by atoms with Gasteiger partial charge in [-0.3, -0.25) is 4.79 Å². The SMILES string of the molecule is Cc1cccc(CCOC(=O)N2CCC(C(=O)c3ccc(Cl)cc3)CC2)c1. The Hall–Kier alpha value is -2.33. The van der Waals surface area contributed by atoms with Crippen LogP contribution in [-0.4, -0.2) is 36.5 Å². The molecule has 2 aromatic rings. The van der Waals surface area contributed by atoms with E-state index in [4.69, 9.17) is 16.3 Å². The number of halogens is 1. The summed E-state index contributed by atoms with van der Waals surface area (Å²) in [6.45, 7) is 3.51. The highest BCUT2D eigenvalue weighted by Gasteiger charge is 2.28. The van der Waals surface area contributed by atoms with Crippen LogP contribution in [0.4, 0.5) is 4.79 Å². The van der Waals surface area contributed by atoms with E-state index in [1.165, 1.54) is 5.56 Å². The molecule has 0 unspecified atom stereocenters. The minimum Gasteiger partial charge on any atom is -0.449 e. The van der Waals surface area contributed by atoms with Crippen LogP contribution in [0.25, 0.3) is 0 Å². The highest BCUT2D eigenvalue weighted by atomic mass is 35.5. The van der Waals surface area contributed by atoms with Gasteiger partial charge in [-0.05, 0) is 49.6 Å². The van der Waals surface area contributed by atoms with Crippen LogP contribution in [0.5, 0.6) is 0 Å². The Morgan fingerprint density at radius 1 is 1.11 bits per heavy atom. The Balaban J connectivity index is 1.43. The maximum atomic E-state index is 12.6. The summed E-state index contributed by atoms with van der Waals surface area (Å²) in [5.74, 6) is 0.0710. The van der Waals surface area contributed by atoms with Crippen LogP contribution in [0.1, 0.15) is 34.3 Å². The molecule has 0 radical (unpaired) electrons. The molecule has 0 saturated carbocycles. The topological polar surface area (TPSA) is 46.6 Å². The van der Waals surface area contributed by atoms with E-state index < -0.39 is 0 Å². The third-order valence-electron chi connectivity index (χ3n) is 4.95. The number of ketones is 1. The van der Waals surface area contributed by atoms with E-state index in [1.807, 2.05) is 25.1 Å². The molecule has 3 rings (SSSR count). The molecule has 1 saturated heterocycles. The second-order valence-electron chi connectivity index (χ2n) is 6.99. The summed E-state index contributed by atoms with van der Waals surface area (Å²) in [5.41, 5.74) is 3.04. The third-order valence-corrected chi connectivity index (χ3v) is 5.20. The number of Topliss-reactive ketones (excluding diaryl/α,β-unsaturated/α-hetero) is 1. The van der Waals surface area contributed by atoms with Gasteiger partial charge in [0.15, 0.2) is 5.78 Å². The van der Waals surface area contributed by atoms with E-state index in [0.717, 1.165) is 5.56 Å². The summed E-state index contributed by atoms with van der Waals surface area (Å²) in [6.07, 6.45) is 1.74. The predicted octanol–water partition coefficient (Wildman–Crippen LogP) is 4.92. The number of hydrogen-bond donors (Lipinski definition) is 0. The van der Waals surface area contributed by atoms with Crippen molar-refractivity contribution in [3.05, 3.63) is 70.2 Å². The van der Waals surface area contributed by atoms with Crippen molar-refractivity contribution in [2.24, 2.45) is 5.92 Å². The van der Waals surface area contributed by atoms with Crippen LogP contribution in [-0.2, 0) is 11.2 Å². The fourth-order valence-electron chi connectivity index (χ4n) is 3.39. The first-order chi connectivity index (χ1) is 13.0. The van der Waals surface area contributed by atoms with E-state index in [1.54, 1.807) is 29.2 Å². The third kappa shape index (κ3) is 5.33. The first-order valence-electron chi connectivity index (χ1n) is 9.30. The Bertz CT molecular complexity index is 795. The highest BCUT2D eigenvalue weighted by molar-refractivity contribution is 6.30. The van der Waals surface area contributed by atoms with Gasteiger partial charge in [-0.1, -0.05) is 41.4 Å². The summed E-state index contributed by atoms with van der Waals surface area (Å²) in [4.78, 5) is 26.5. The lowest BCUT2D eigenvalue weighted by Gasteiger charge is -2.30. The molecule has 5 heteroatoms. The van der Waals surface area contributed by atoms with Crippen molar-refractivity contribution in [2.75, 3.05) is 19.7 Å². The van der Waals surface area contributed by atoms with Crippen molar-refractivity contribution in [3.8, 4) is 0 Å². The minimum absolute atomic E-state index is 0.0532. The molecular weight excluding hydrogens is 362 g/mol. The zero-order valence-corrected chi connectivity index (χ0v) is 16.2. The van der Waals surface area contributed by atoms with Crippen molar-refractivity contribution in [1.29, 1.82) is 0 Å². The average Bonchev–Trinajstić information content (AvgIpc) is 2.68. The average molecular weight is 386 g/mol. The number of carbonyl (C=O) groups excluding carboxylic acids is 2. The van der Waals surface area contributed by atoms with Gasteiger partial charge < -0.3 is 9.64 Å². The molecule has 0 spiro atoms. The second kappa shape index (κ2) is 9.05. The van der Waals surface area contributed by atoms with Crippen LogP contribution in [0, 0.1) is 12.8 Å². The molecule has 1 aliphatic rings. The van der Waals surface area contributed by atoms with E-state index in [0.29, 0.717) is 49.5 Å². The lowest BCUT2D eigenvalue weighted by atomic mass is 9.89. The Kier molecular flexibility index (Phi) is 6.51. The molecule has 142 valence electrons. The number of nitrogens with zero attached hydrogens (tertiary/aromatic N) is 1. The van der Waals surface area contributed by atoms with E-state index >= 15 is 0 Å². The molecular formula is C22H24ClNO3. The number of aryl methyl sites for hydroxylation is 1. The number of rotatable bonds is 5. The Morgan fingerprint density at radius 2 is 1.81 bits per heavy atom. The molecule has 27 heavy (non-hydrogen) atoms. The number of hydrogen-bond acceptors (Lipinski definition) is 3. The number of ether oxygens (including phenoxy) is 1. The van der Waals surface area contributed by atoms with Crippen LogP contribution in [0.3, 0.4) is 0 Å². The molecule has 2 aromatic carbocycles. The van der Waals surface area contributed by atoms with Gasteiger partial charge in [-0.2, -0.15) is 0 Å². The number of benzene rings is 2. The molecule has 1 aliphatic heterocycles. The smallest absolute Gasteiger partial charge is 0.409 e. The molecule has 1 fully saturated rings. The fourth-order valence-corrected chi connectivity index (χ4v) is 3.52. The maximum absolute atomic E-state index is 12.6. The zero-order chi connectivity index (χ0) is 19.2. The van der Waals surface area contributed by atoms with E-state index in [-0.39, 0.29) is 17.8 Å². The van der Waals surface area contributed by atoms with E-state index in [9.17, 15) is 9.59 Å². The zero-order valence-electron chi connectivity index (χ0n) is 15.5. The van der Waals surface area contributed by atoms with Crippen molar-refractivity contribution in [2.45, 2.75) is 26.2 Å². The van der Waals surface area contributed by atoms with Gasteiger partial charge in [0.25, 0.3) is 0 Å². The maximum Gasteiger partial charge on any atom is 0.409 e. The molecule has 0 atom stereocenters. The summed E-state index contributed by atoms with van der Waals surface area (Å²) in [5, 5.41) is 0.620. The fraction of sp³-hybridized carbons (Fsp3) is 0.364. The molecule has 1 amide bonds. The van der Waals surface area contributed by atoms with Gasteiger partial charge in [0.2, 0.25) is 0 Å². The predicted molar refractivity (Wildman–Crippen MR) is 106 cm³/mol. The Labute approximate surface area is 165 Å². The Morgan fingerprint density at radius 3 is 2.48 bits per heavy atom. The van der Waals surface area contributed by atoms with Crippen molar-refractivity contribution in [1.82, 2.24) is 4.90 Å². The standard InChI is InChI=1S/C22H24ClNO3/c1-16-3-2-4-17(15-16)11-14-27-22(26)24-12-9-19(10-13-24)21(25)18-5-7-20(23)8-6-18/h2-8,15,19H,9-14H2,1H3. The number of carbonyl (C=O) groups is 2. The van der Waals surface area contributed by atoms with E-state index in [2.05, 4.69) is 6.07 Å². The largest absolute Gasteiger partial charge is 0.449 e. The normalized spacial score (nSPS) is 14.8. The molecule has 1 heterocycles. The van der Waals surface area contributed by atoms with Gasteiger partial charge in [0, 0.05) is 36.0 Å². The summed E-state index contributed by atoms with van der Waals surface area (Å²) in [6, 6.07) is 15.2. The van der Waals surface area contributed by atoms with Crippen LogP contribution >= 0.6 is 11.6 Å². The number of piperidine rings is 1. The molecule has 0 N–H and O–H groups in total. The van der Waals surface area contributed by atoms with Gasteiger partial charge in [0.1, 0.15) is 0 Å². The van der Waals surface area contributed by atoms with Crippen molar-refractivity contribution < 1.29 is 14.3 Å². The quantitative estimate of drug-likeness (QED) is 0.686. The monoisotopic (exact) mass is 385 g/mol. The van der Waals surface area contributed by atoms with Crippen molar-refractivity contribution >= 4 is 23.5 Å². The first-order valence-corrected chi connectivity index (χ1v) is 9.68. The lowest BCUT2D eigenvalue weighted by Crippen LogP contribution is -2.40. The molecule has 0 aliphatic carbocycles. The van der Waals surface area contributed by atoms with Crippen LogP contribution in [0.2, 0.25) is 5.02 Å². The van der Waals surface area contributed by atoms with Gasteiger partial charge in [-0.15, -0.1) is 0 Å². The van der Waals surface area contributed by atoms with Crippen LogP contribution < -0.4 is 0 Å². The number of amides is 1. The van der Waals surface area contributed by atoms with Crippen LogP contribution in [0.15, 0.2) is 48.5 Å². The summed E-state index contributed by atoms with van der Waals surface area (Å²) in [7, 11) is 0. The van der Waals surface area contributed by atoms with Gasteiger partial charge >= 0.3 is 6.09 Å². The van der Waals surface area contributed by atoms with Gasteiger partial charge in [0.05, 0.1) is 6.61 Å². The second-order valence-corrected chi connectivity index (χ2v) is 7.42. The van der Waals surface area contributed by atoms with Gasteiger partial charge in [-0.25, -0.2) is 4.79 Å². The molecule has 4 nitrogen and oxygen atoms in total. The number of likely N-dealkylation sites (tertiary alicyclic amines) is 1. The minimum atomic E-state index is -0.292. The van der Waals surface area contributed by atoms with Crippen molar-refractivity contribution in [3.63, 3.8) is 0 Å². The summed E-state index contributed by atoms with van der Waals surface area (Å²) < 4.78 is 5.41. The summed E-state index contributed by atoms with van der Waals surface area (Å²) >= 11 is 5.88. The lowest BCUT2D eigenvalue weighted by molar-refractivity contribution is 0.0741. The first kappa shape index (κ1) is 19.4. The molecule has 0 bridgehead atoms. The molecule has 0 aromatic heterocycles. The highest BCUT2D eigenvalue weighted by Crippen LogP contribution is 2.23.